The Balaban J connectivity index is 2.02. The summed E-state index contributed by atoms with van der Waals surface area (Å²) < 4.78 is 10.4. The van der Waals surface area contributed by atoms with Gasteiger partial charge in [-0.3, -0.25) is 0 Å². The molecule has 1 saturated heterocycles. The number of ether oxygens (including phenoxy) is 1. The van der Waals surface area contributed by atoms with E-state index in [0.717, 1.165) is 49.2 Å². The molecular formula is C15H25N3O3. The molecule has 1 atom stereocenters. The Bertz CT molecular complexity index is 473. The first-order chi connectivity index (χ1) is 10.2. The highest BCUT2D eigenvalue weighted by Crippen LogP contribution is 2.35. The van der Waals surface area contributed by atoms with Crippen LogP contribution in [0, 0.1) is 6.92 Å². The van der Waals surface area contributed by atoms with E-state index in [0.29, 0.717) is 13.2 Å². The molecule has 0 aliphatic carbocycles. The van der Waals surface area contributed by atoms with Crippen molar-refractivity contribution in [1.82, 2.24) is 15.4 Å². The average Bonchev–Trinajstić information content (AvgIpc) is 3.09. The summed E-state index contributed by atoms with van der Waals surface area (Å²) in [6.45, 7) is 6.08. The number of amides is 2. The third kappa shape index (κ3) is 3.56. The molecule has 21 heavy (non-hydrogen) atoms. The van der Waals surface area contributed by atoms with Crippen molar-refractivity contribution in [2.24, 2.45) is 0 Å². The summed E-state index contributed by atoms with van der Waals surface area (Å²) in [5.74, 6) is 0.900. The van der Waals surface area contributed by atoms with Crippen LogP contribution in [0.25, 0.3) is 0 Å². The molecule has 1 fully saturated rings. The van der Waals surface area contributed by atoms with Gasteiger partial charge in [0, 0.05) is 38.8 Å². The third-order valence-corrected chi connectivity index (χ3v) is 3.95. The largest absolute Gasteiger partial charge is 0.385 e. The number of carbonyl (C=O) groups is 1. The van der Waals surface area contributed by atoms with Crippen molar-refractivity contribution in [1.29, 1.82) is 0 Å². The SMILES string of the molecule is CCc1onc(C)c1C1CCCN1C(=O)NCCCOC. The topological polar surface area (TPSA) is 67.6 Å². The number of rotatable bonds is 6. The van der Waals surface area contributed by atoms with Crippen molar-refractivity contribution in [2.45, 2.75) is 45.6 Å². The highest BCUT2D eigenvalue weighted by atomic mass is 16.5. The van der Waals surface area contributed by atoms with E-state index in [1.165, 1.54) is 0 Å². The summed E-state index contributed by atoms with van der Waals surface area (Å²) in [5, 5.41) is 7.03. The van der Waals surface area contributed by atoms with E-state index in [4.69, 9.17) is 9.26 Å². The van der Waals surface area contributed by atoms with E-state index in [-0.39, 0.29) is 12.1 Å². The number of aromatic nitrogens is 1. The minimum Gasteiger partial charge on any atom is -0.385 e. The monoisotopic (exact) mass is 295 g/mol. The van der Waals surface area contributed by atoms with E-state index in [9.17, 15) is 4.79 Å². The van der Waals surface area contributed by atoms with E-state index in [1.54, 1.807) is 7.11 Å². The Labute approximate surface area is 125 Å². The number of aryl methyl sites for hydroxylation is 2. The standard InChI is InChI=1S/C15H25N3O3/c1-4-13-14(11(2)17-21-13)12-7-5-9-18(12)15(19)16-8-6-10-20-3/h12H,4-10H2,1-3H3,(H,16,19). The summed E-state index contributed by atoms with van der Waals surface area (Å²) in [6.07, 6.45) is 3.62. The normalized spacial score (nSPS) is 18.2. The van der Waals surface area contributed by atoms with Gasteiger partial charge in [-0.15, -0.1) is 0 Å². The third-order valence-electron chi connectivity index (χ3n) is 3.95. The summed E-state index contributed by atoms with van der Waals surface area (Å²) in [7, 11) is 1.67. The van der Waals surface area contributed by atoms with Crippen LogP contribution in [0.3, 0.4) is 0 Å². The highest BCUT2D eigenvalue weighted by molar-refractivity contribution is 5.75. The summed E-state index contributed by atoms with van der Waals surface area (Å²) in [5.41, 5.74) is 2.00. The number of urea groups is 1. The Morgan fingerprint density at radius 1 is 1.57 bits per heavy atom. The number of nitrogens with zero attached hydrogens (tertiary/aromatic N) is 2. The summed E-state index contributed by atoms with van der Waals surface area (Å²) in [6, 6.07) is 0.0879. The lowest BCUT2D eigenvalue weighted by molar-refractivity contribution is 0.182. The minimum atomic E-state index is -0.00347. The number of carbonyl (C=O) groups excluding carboxylic acids is 1. The molecule has 1 aliphatic rings. The molecule has 6 heteroatoms. The second-order valence-corrected chi connectivity index (χ2v) is 5.39. The van der Waals surface area contributed by atoms with Gasteiger partial charge in [0.05, 0.1) is 11.7 Å². The van der Waals surface area contributed by atoms with Gasteiger partial charge in [-0.25, -0.2) is 4.79 Å². The lowest BCUT2D eigenvalue weighted by Crippen LogP contribution is -2.40. The Kier molecular flexibility index (Phi) is 5.61. The molecule has 2 heterocycles. The Morgan fingerprint density at radius 3 is 3.10 bits per heavy atom. The Hall–Kier alpha value is -1.56. The average molecular weight is 295 g/mol. The number of methoxy groups -OCH3 is 1. The highest BCUT2D eigenvalue weighted by Gasteiger charge is 2.34. The molecule has 1 N–H and O–H groups in total. The molecule has 1 aliphatic heterocycles. The van der Waals surface area contributed by atoms with Crippen LogP contribution in [0.2, 0.25) is 0 Å². The van der Waals surface area contributed by atoms with Gasteiger partial charge in [0.1, 0.15) is 5.76 Å². The molecule has 0 aromatic carbocycles. The van der Waals surface area contributed by atoms with Crippen molar-refractivity contribution < 1.29 is 14.1 Å². The number of hydrogen-bond acceptors (Lipinski definition) is 4. The molecule has 1 aromatic heterocycles. The predicted octanol–water partition coefficient (Wildman–Crippen LogP) is 2.43. The van der Waals surface area contributed by atoms with Gasteiger partial charge < -0.3 is 19.5 Å². The van der Waals surface area contributed by atoms with Crippen molar-refractivity contribution in [2.75, 3.05) is 26.8 Å². The van der Waals surface area contributed by atoms with Crippen LogP contribution in [0.15, 0.2) is 4.52 Å². The van der Waals surface area contributed by atoms with Gasteiger partial charge in [0.2, 0.25) is 0 Å². The number of likely N-dealkylation sites (tertiary alicyclic amines) is 1. The van der Waals surface area contributed by atoms with Crippen molar-refractivity contribution >= 4 is 6.03 Å². The van der Waals surface area contributed by atoms with Crippen LogP contribution < -0.4 is 5.32 Å². The minimum absolute atomic E-state index is 0.00347. The fourth-order valence-corrected chi connectivity index (χ4v) is 2.93. The van der Waals surface area contributed by atoms with Gasteiger partial charge in [-0.1, -0.05) is 12.1 Å². The van der Waals surface area contributed by atoms with Crippen LogP contribution in [0.5, 0.6) is 0 Å². The smallest absolute Gasteiger partial charge is 0.317 e. The molecule has 0 radical (unpaired) electrons. The molecule has 0 saturated carbocycles. The quantitative estimate of drug-likeness (QED) is 0.818. The molecule has 2 rings (SSSR count). The molecule has 1 aromatic rings. The zero-order valence-electron chi connectivity index (χ0n) is 13.1. The first kappa shape index (κ1) is 15.8. The van der Waals surface area contributed by atoms with Crippen molar-refractivity contribution in [3.05, 3.63) is 17.0 Å². The van der Waals surface area contributed by atoms with Gasteiger partial charge in [0.15, 0.2) is 0 Å². The molecule has 0 bridgehead atoms. The first-order valence-electron chi connectivity index (χ1n) is 7.67. The molecule has 0 spiro atoms. The summed E-state index contributed by atoms with van der Waals surface area (Å²) in [4.78, 5) is 14.3. The zero-order valence-corrected chi connectivity index (χ0v) is 13.1. The maximum atomic E-state index is 12.3. The molecule has 2 amide bonds. The van der Waals surface area contributed by atoms with Crippen molar-refractivity contribution in [3.8, 4) is 0 Å². The van der Waals surface area contributed by atoms with Crippen molar-refractivity contribution in [3.63, 3.8) is 0 Å². The number of hydrogen-bond donors (Lipinski definition) is 1. The van der Waals surface area contributed by atoms with Crippen LogP contribution in [0.1, 0.15) is 49.2 Å². The predicted molar refractivity (Wildman–Crippen MR) is 79.2 cm³/mol. The second-order valence-electron chi connectivity index (χ2n) is 5.39. The van der Waals surface area contributed by atoms with Crippen LogP contribution in [-0.2, 0) is 11.2 Å². The van der Waals surface area contributed by atoms with E-state index in [1.807, 2.05) is 18.7 Å². The van der Waals surface area contributed by atoms with Crippen LogP contribution >= 0.6 is 0 Å². The van der Waals surface area contributed by atoms with Crippen LogP contribution in [-0.4, -0.2) is 42.9 Å². The van der Waals surface area contributed by atoms with E-state index in [2.05, 4.69) is 10.5 Å². The number of nitrogens with one attached hydrogen (secondary N) is 1. The maximum Gasteiger partial charge on any atom is 0.317 e. The molecule has 1 unspecified atom stereocenters. The second kappa shape index (κ2) is 7.45. The Morgan fingerprint density at radius 2 is 2.38 bits per heavy atom. The molecule has 6 nitrogen and oxygen atoms in total. The maximum absolute atomic E-state index is 12.3. The molecule has 118 valence electrons. The van der Waals surface area contributed by atoms with Gasteiger partial charge in [-0.05, 0) is 26.2 Å². The van der Waals surface area contributed by atoms with E-state index < -0.39 is 0 Å². The first-order valence-corrected chi connectivity index (χ1v) is 7.67. The van der Waals surface area contributed by atoms with Gasteiger partial charge in [0.25, 0.3) is 0 Å². The lowest BCUT2D eigenvalue weighted by atomic mass is 10.0. The molecular weight excluding hydrogens is 270 g/mol. The van der Waals surface area contributed by atoms with Crippen LogP contribution in [0.4, 0.5) is 4.79 Å². The summed E-state index contributed by atoms with van der Waals surface area (Å²) >= 11 is 0. The fraction of sp³-hybridized carbons (Fsp3) is 0.733. The zero-order chi connectivity index (χ0) is 15.2. The lowest BCUT2D eigenvalue weighted by Gasteiger charge is -2.25. The van der Waals surface area contributed by atoms with Gasteiger partial charge in [-0.2, -0.15) is 0 Å². The fourth-order valence-electron chi connectivity index (χ4n) is 2.93. The van der Waals surface area contributed by atoms with Gasteiger partial charge >= 0.3 is 6.03 Å². The van der Waals surface area contributed by atoms with E-state index >= 15 is 0 Å².